The van der Waals surface area contributed by atoms with E-state index in [4.69, 9.17) is 22.1 Å². The summed E-state index contributed by atoms with van der Waals surface area (Å²) < 4.78 is 21.8. The topological polar surface area (TPSA) is 140 Å². The second kappa shape index (κ2) is 9.32. The van der Waals surface area contributed by atoms with Crippen molar-refractivity contribution in [2.24, 2.45) is 11.7 Å². The van der Waals surface area contributed by atoms with E-state index >= 15 is 0 Å². The summed E-state index contributed by atoms with van der Waals surface area (Å²) in [5.74, 6) is -0.310. The number of hydrogen-bond acceptors (Lipinski definition) is 8. The second-order valence-electron chi connectivity index (χ2n) is 8.70. The van der Waals surface area contributed by atoms with Gasteiger partial charge in [0, 0.05) is 12.0 Å². The SMILES string of the molecule is NC(=O)[C@H]1CC[C@@H](n2c(Nc3cccc(Cl)c3F)nc3cnc(NC4COCC4O)nc32)CC1. The summed E-state index contributed by atoms with van der Waals surface area (Å²) in [6.45, 7) is 0.597. The van der Waals surface area contributed by atoms with E-state index in [0.29, 0.717) is 55.4 Å². The first-order chi connectivity index (χ1) is 16.4. The van der Waals surface area contributed by atoms with Crippen LogP contribution in [0.5, 0.6) is 0 Å². The van der Waals surface area contributed by atoms with Crippen LogP contribution in [-0.2, 0) is 9.53 Å². The summed E-state index contributed by atoms with van der Waals surface area (Å²) in [6, 6.07) is 4.34. The molecule has 2 aliphatic rings. The Balaban J connectivity index is 1.52. The van der Waals surface area contributed by atoms with E-state index in [1.807, 2.05) is 4.57 Å². The van der Waals surface area contributed by atoms with E-state index in [1.165, 1.54) is 6.07 Å². The maximum Gasteiger partial charge on any atom is 0.225 e. The van der Waals surface area contributed by atoms with Crippen molar-refractivity contribution in [3.05, 3.63) is 35.2 Å². The van der Waals surface area contributed by atoms with Gasteiger partial charge in [-0.1, -0.05) is 17.7 Å². The Bertz CT molecular complexity index is 1210. The van der Waals surface area contributed by atoms with Gasteiger partial charge in [-0.3, -0.25) is 9.36 Å². The minimum Gasteiger partial charge on any atom is -0.388 e. The molecule has 3 heterocycles. The largest absolute Gasteiger partial charge is 0.388 e. The third-order valence-electron chi connectivity index (χ3n) is 6.46. The Morgan fingerprint density at radius 2 is 2.03 bits per heavy atom. The number of ether oxygens (including phenoxy) is 1. The zero-order valence-electron chi connectivity index (χ0n) is 18.2. The van der Waals surface area contributed by atoms with Gasteiger partial charge in [-0.05, 0) is 37.8 Å². The molecular weight excluding hydrogens is 465 g/mol. The van der Waals surface area contributed by atoms with Crippen molar-refractivity contribution in [1.29, 1.82) is 0 Å². The first-order valence-corrected chi connectivity index (χ1v) is 11.6. The molecule has 2 fully saturated rings. The van der Waals surface area contributed by atoms with Crippen LogP contribution in [0.3, 0.4) is 0 Å². The quantitative estimate of drug-likeness (QED) is 0.414. The van der Waals surface area contributed by atoms with E-state index in [1.54, 1.807) is 18.3 Å². The number of nitrogens with one attached hydrogen (secondary N) is 2. The normalized spacial score (nSPS) is 24.9. The van der Waals surface area contributed by atoms with Crippen LogP contribution in [0.2, 0.25) is 5.02 Å². The lowest BCUT2D eigenvalue weighted by Crippen LogP contribution is -2.32. The number of rotatable bonds is 6. The number of amides is 1. The molecule has 1 saturated heterocycles. The molecule has 1 saturated carbocycles. The van der Waals surface area contributed by atoms with Crippen LogP contribution in [0.4, 0.5) is 22.0 Å². The van der Waals surface area contributed by atoms with Gasteiger partial charge in [-0.2, -0.15) is 4.98 Å². The monoisotopic (exact) mass is 489 g/mol. The van der Waals surface area contributed by atoms with Crippen LogP contribution < -0.4 is 16.4 Å². The number of anilines is 3. The van der Waals surface area contributed by atoms with E-state index in [2.05, 4.69) is 25.6 Å². The lowest BCUT2D eigenvalue weighted by molar-refractivity contribution is -0.122. The summed E-state index contributed by atoms with van der Waals surface area (Å²) in [5.41, 5.74) is 6.77. The molecule has 12 heteroatoms. The number of aromatic nitrogens is 4. The van der Waals surface area contributed by atoms with E-state index in [-0.39, 0.29) is 41.2 Å². The van der Waals surface area contributed by atoms with Gasteiger partial charge in [0.15, 0.2) is 11.5 Å². The second-order valence-corrected chi connectivity index (χ2v) is 9.10. The highest BCUT2D eigenvalue weighted by Gasteiger charge is 2.30. The number of aliphatic hydroxyl groups excluding tert-OH is 1. The van der Waals surface area contributed by atoms with Gasteiger partial charge in [0.2, 0.25) is 17.8 Å². The van der Waals surface area contributed by atoms with Crippen LogP contribution in [0.25, 0.3) is 11.2 Å². The molecule has 1 aliphatic carbocycles. The zero-order valence-corrected chi connectivity index (χ0v) is 19.0. The fraction of sp³-hybridized carbons (Fsp3) is 0.455. The third-order valence-corrected chi connectivity index (χ3v) is 6.75. The Hall–Kier alpha value is -3.02. The van der Waals surface area contributed by atoms with Crippen molar-refractivity contribution in [1.82, 2.24) is 19.5 Å². The molecule has 0 radical (unpaired) electrons. The number of halogens is 2. The van der Waals surface area contributed by atoms with Crippen LogP contribution in [0, 0.1) is 11.7 Å². The highest BCUT2D eigenvalue weighted by atomic mass is 35.5. The standard InChI is InChI=1S/C22H25ClFN7O3/c23-13-2-1-3-14(18(13)24)28-22-29-15-8-26-21(27-16-9-34-10-17(16)32)30-20(15)31(22)12-6-4-11(5-7-12)19(25)33/h1-3,8,11-12,16-17,32H,4-7,9-10H2,(H2,25,33)(H,28,29)(H,26,27,30)/t11-,12+,16?,17?. The van der Waals surface area contributed by atoms with Gasteiger partial charge in [-0.15, -0.1) is 0 Å². The Labute approximate surface area is 199 Å². The number of imidazole rings is 1. The number of carbonyl (C=O) groups excluding carboxylic acids is 1. The molecule has 180 valence electrons. The van der Waals surface area contributed by atoms with E-state index in [0.717, 1.165) is 0 Å². The number of aliphatic hydroxyl groups is 1. The number of hydrogen-bond donors (Lipinski definition) is 4. The first kappa shape index (κ1) is 22.8. The minimum atomic E-state index is -0.656. The number of benzene rings is 1. The predicted octanol–water partition coefficient (Wildman–Crippen LogP) is 2.75. The fourth-order valence-electron chi connectivity index (χ4n) is 4.58. The van der Waals surface area contributed by atoms with Gasteiger partial charge in [0.25, 0.3) is 0 Å². The molecule has 1 aliphatic heterocycles. The van der Waals surface area contributed by atoms with Crippen LogP contribution >= 0.6 is 11.6 Å². The molecule has 5 rings (SSSR count). The van der Waals surface area contributed by atoms with Crippen molar-refractivity contribution < 1.29 is 19.0 Å². The van der Waals surface area contributed by atoms with Crippen LogP contribution in [0.1, 0.15) is 31.7 Å². The molecule has 1 amide bonds. The maximum atomic E-state index is 14.6. The van der Waals surface area contributed by atoms with Crippen LogP contribution in [-0.4, -0.2) is 55.9 Å². The smallest absolute Gasteiger partial charge is 0.225 e. The predicted molar refractivity (Wildman–Crippen MR) is 124 cm³/mol. The molecule has 3 aromatic rings. The maximum absolute atomic E-state index is 14.6. The Morgan fingerprint density at radius 3 is 2.74 bits per heavy atom. The lowest BCUT2D eigenvalue weighted by atomic mass is 9.85. The first-order valence-electron chi connectivity index (χ1n) is 11.2. The molecule has 5 N–H and O–H groups in total. The summed E-state index contributed by atoms with van der Waals surface area (Å²) >= 11 is 5.96. The molecular formula is C22H25ClFN7O3. The Kier molecular flexibility index (Phi) is 6.24. The third kappa shape index (κ3) is 4.38. The van der Waals surface area contributed by atoms with Crippen molar-refractivity contribution in [3.63, 3.8) is 0 Å². The van der Waals surface area contributed by atoms with Crippen molar-refractivity contribution in [2.45, 2.75) is 43.9 Å². The summed E-state index contributed by atoms with van der Waals surface area (Å²) in [5, 5.41) is 16.2. The molecule has 0 spiro atoms. The molecule has 1 aromatic carbocycles. The minimum absolute atomic E-state index is 0.00162. The molecule has 10 nitrogen and oxygen atoms in total. The number of nitrogens with zero attached hydrogens (tertiary/aromatic N) is 4. The molecule has 34 heavy (non-hydrogen) atoms. The van der Waals surface area contributed by atoms with Crippen molar-refractivity contribution >= 4 is 46.3 Å². The highest BCUT2D eigenvalue weighted by Crippen LogP contribution is 2.37. The van der Waals surface area contributed by atoms with Crippen molar-refractivity contribution in [2.75, 3.05) is 23.8 Å². The van der Waals surface area contributed by atoms with Gasteiger partial charge in [0.1, 0.15) is 5.52 Å². The average Bonchev–Trinajstić information content (AvgIpc) is 3.39. The van der Waals surface area contributed by atoms with Crippen LogP contribution in [0.15, 0.2) is 24.4 Å². The van der Waals surface area contributed by atoms with Gasteiger partial charge >= 0.3 is 0 Å². The molecule has 2 atom stereocenters. The number of nitrogens with two attached hydrogens (primary N) is 1. The lowest BCUT2D eigenvalue weighted by Gasteiger charge is -2.29. The van der Waals surface area contributed by atoms with Gasteiger partial charge in [0.05, 0.1) is 42.3 Å². The summed E-state index contributed by atoms with van der Waals surface area (Å²) in [4.78, 5) is 25.3. The summed E-state index contributed by atoms with van der Waals surface area (Å²) in [6.07, 6.45) is 3.59. The summed E-state index contributed by atoms with van der Waals surface area (Å²) in [7, 11) is 0. The Morgan fingerprint density at radius 1 is 1.24 bits per heavy atom. The van der Waals surface area contributed by atoms with Gasteiger partial charge in [-0.25, -0.2) is 14.4 Å². The zero-order chi connectivity index (χ0) is 23.8. The molecule has 2 aromatic heterocycles. The fourth-order valence-corrected chi connectivity index (χ4v) is 4.76. The van der Waals surface area contributed by atoms with Gasteiger partial charge < -0.3 is 26.2 Å². The van der Waals surface area contributed by atoms with E-state index in [9.17, 15) is 14.3 Å². The number of primary amides is 1. The van der Waals surface area contributed by atoms with E-state index < -0.39 is 11.9 Å². The average molecular weight is 490 g/mol. The number of carbonyl (C=O) groups is 1. The number of fused-ring (bicyclic) bond motifs is 1. The molecule has 0 bridgehead atoms. The van der Waals surface area contributed by atoms with Crippen molar-refractivity contribution in [3.8, 4) is 0 Å². The molecule has 2 unspecified atom stereocenters. The highest BCUT2D eigenvalue weighted by molar-refractivity contribution is 6.31.